The Bertz CT molecular complexity index is 1210. The summed E-state index contributed by atoms with van der Waals surface area (Å²) in [5.41, 5.74) is 10.9. The van der Waals surface area contributed by atoms with Crippen molar-refractivity contribution in [3.63, 3.8) is 0 Å². The third-order valence-corrected chi connectivity index (χ3v) is 9.01. The number of hydrogen-bond donors (Lipinski definition) is 2. The van der Waals surface area contributed by atoms with E-state index >= 15 is 0 Å². The molecule has 2 aromatic rings. The van der Waals surface area contributed by atoms with Gasteiger partial charge in [-0.15, -0.1) is 12.8 Å². The Hall–Kier alpha value is -2.85. The van der Waals surface area contributed by atoms with Gasteiger partial charge in [-0.1, -0.05) is 36.2 Å². The van der Waals surface area contributed by atoms with E-state index in [0.29, 0.717) is 17.9 Å². The number of likely N-dealkylation sites (tertiary alicyclic amines) is 1. The zero-order chi connectivity index (χ0) is 31.2. The molecule has 1 spiro atoms. The van der Waals surface area contributed by atoms with Crippen molar-refractivity contribution in [2.24, 2.45) is 5.41 Å². The number of nitrogens with zero attached hydrogens (tertiary/aromatic N) is 3. The second-order valence-corrected chi connectivity index (χ2v) is 13.4. The van der Waals surface area contributed by atoms with Gasteiger partial charge in [-0.2, -0.15) is 0 Å². The van der Waals surface area contributed by atoms with Gasteiger partial charge in [0.15, 0.2) is 0 Å². The molecule has 2 N–H and O–H groups in total. The lowest BCUT2D eigenvalue weighted by Gasteiger charge is -2.56. The summed E-state index contributed by atoms with van der Waals surface area (Å²) >= 11 is 0. The molecule has 42 heavy (non-hydrogen) atoms. The molecular formula is C36H53N3O3. The third kappa shape index (κ3) is 7.19. The summed E-state index contributed by atoms with van der Waals surface area (Å²) in [6.45, 7) is 19.1. The molecule has 0 radical (unpaired) electrons. The first kappa shape index (κ1) is 33.6. The van der Waals surface area contributed by atoms with Crippen molar-refractivity contribution in [1.29, 1.82) is 0 Å². The predicted octanol–water partition coefficient (Wildman–Crippen LogP) is 5.40. The number of aliphatic hydroxyl groups is 2. The molecule has 6 nitrogen and oxygen atoms in total. The Morgan fingerprint density at radius 2 is 1.60 bits per heavy atom. The van der Waals surface area contributed by atoms with Gasteiger partial charge in [-0.05, 0) is 94.0 Å². The Morgan fingerprint density at radius 3 is 2.12 bits per heavy atom. The number of aryl methyl sites for hydroxylation is 1. The number of carbonyl (C=O) groups excluding carboxylic acids is 1. The van der Waals surface area contributed by atoms with Crippen molar-refractivity contribution in [3.8, 4) is 24.0 Å². The number of terminal acetylenes is 1. The van der Waals surface area contributed by atoms with E-state index in [4.69, 9.17) is 10.2 Å². The fraction of sp³-hybridized carbons (Fsp3) is 0.583. The lowest BCUT2D eigenvalue weighted by molar-refractivity contribution is -0.107. The van der Waals surface area contributed by atoms with E-state index in [-0.39, 0.29) is 0 Å². The van der Waals surface area contributed by atoms with Crippen LogP contribution < -0.4 is 9.80 Å². The number of hydrogen-bond acceptors (Lipinski definition) is 6. The van der Waals surface area contributed by atoms with Gasteiger partial charge in [0.25, 0.3) is 0 Å². The molecule has 0 amide bonds. The van der Waals surface area contributed by atoms with Crippen LogP contribution in [0.15, 0.2) is 24.3 Å². The maximum absolute atomic E-state index is 11.8. The van der Waals surface area contributed by atoms with Crippen molar-refractivity contribution in [1.82, 2.24) is 4.90 Å². The van der Waals surface area contributed by atoms with Gasteiger partial charge in [-0.25, -0.2) is 0 Å². The fourth-order valence-corrected chi connectivity index (χ4v) is 7.09. The highest BCUT2D eigenvalue weighted by molar-refractivity contribution is 5.93. The third-order valence-electron chi connectivity index (χ3n) is 9.01. The lowest BCUT2D eigenvalue weighted by Crippen LogP contribution is -2.61. The largest absolute Gasteiger partial charge is 0.400 e. The monoisotopic (exact) mass is 575 g/mol. The molecule has 1 atom stereocenters. The van der Waals surface area contributed by atoms with Gasteiger partial charge >= 0.3 is 0 Å². The highest BCUT2D eigenvalue weighted by Gasteiger charge is 2.47. The Balaban J connectivity index is 0.000000482. The summed E-state index contributed by atoms with van der Waals surface area (Å²) in [6, 6.07) is 9.41. The van der Waals surface area contributed by atoms with E-state index in [1.807, 2.05) is 0 Å². The number of anilines is 2. The molecule has 3 heterocycles. The SMILES string of the molecule is C#C.CC(C)(C)O.CO.Cc1ccc(-c2c(CC=O)c(C)c3c4c2CC(C)N4CCN3CCN2CC3(CCC3)C2)cc1. The maximum atomic E-state index is 11.8. The summed E-state index contributed by atoms with van der Waals surface area (Å²) in [5.74, 6) is 0. The Kier molecular flexibility index (Phi) is 11.3. The summed E-state index contributed by atoms with van der Waals surface area (Å²) < 4.78 is 0. The van der Waals surface area contributed by atoms with Gasteiger partial charge in [-0.3, -0.25) is 0 Å². The molecule has 230 valence electrons. The number of aliphatic hydroxyl groups excluding tert-OH is 1. The van der Waals surface area contributed by atoms with Crippen molar-refractivity contribution in [3.05, 3.63) is 46.5 Å². The van der Waals surface area contributed by atoms with Gasteiger partial charge < -0.3 is 29.7 Å². The number of carbonyl (C=O) groups is 1. The van der Waals surface area contributed by atoms with Crippen molar-refractivity contribution in [2.75, 3.05) is 56.2 Å². The lowest BCUT2D eigenvalue weighted by atomic mass is 9.63. The second kappa shape index (κ2) is 14.1. The molecule has 0 bridgehead atoms. The van der Waals surface area contributed by atoms with Gasteiger partial charge in [0.2, 0.25) is 0 Å². The predicted molar refractivity (Wildman–Crippen MR) is 177 cm³/mol. The summed E-state index contributed by atoms with van der Waals surface area (Å²) in [5, 5.41) is 15.5. The van der Waals surface area contributed by atoms with E-state index in [9.17, 15) is 4.79 Å². The first-order valence-corrected chi connectivity index (χ1v) is 15.4. The molecule has 4 aliphatic rings. The topological polar surface area (TPSA) is 67.2 Å². The molecule has 1 aliphatic carbocycles. The first-order valence-electron chi connectivity index (χ1n) is 15.4. The highest BCUT2D eigenvalue weighted by atomic mass is 16.3. The number of benzene rings is 2. The normalized spacial score (nSPS) is 19.5. The van der Waals surface area contributed by atoms with E-state index in [2.05, 4.69) is 72.6 Å². The molecule has 2 aromatic carbocycles. The summed E-state index contributed by atoms with van der Waals surface area (Å²) in [6.07, 6.45) is 15.0. The molecule has 1 saturated carbocycles. The van der Waals surface area contributed by atoms with Crippen molar-refractivity contribution < 1.29 is 15.0 Å². The minimum atomic E-state index is -0.500. The summed E-state index contributed by atoms with van der Waals surface area (Å²) in [7, 11) is 1.00. The average molecular weight is 576 g/mol. The fourth-order valence-electron chi connectivity index (χ4n) is 7.09. The van der Waals surface area contributed by atoms with Gasteiger partial charge in [0, 0.05) is 58.8 Å². The van der Waals surface area contributed by atoms with Crippen LogP contribution in [0.2, 0.25) is 0 Å². The van der Waals surface area contributed by atoms with Crippen LogP contribution in [0, 0.1) is 32.1 Å². The number of rotatable bonds is 6. The molecule has 6 rings (SSSR count). The van der Waals surface area contributed by atoms with Crippen LogP contribution in [-0.2, 0) is 17.6 Å². The van der Waals surface area contributed by atoms with Crippen LogP contribution in [0.25, 0.3) is 11.1 Å². The van der Waals surface area contributed by atoms with E-state index in [1.165, 1.54) is 77.1 Å². The molecule has 6 heteroatoms. The second-order valence-electron chi connectivity index (χ2n) is 13.4. The molecule has 1 saturated heterocycles. The van der Waals surface area contributed by atoms with Crippen LogP contribution in [0.5, 0.6) is 0 Å². The van der Waals surface area contributed by atoms with Crippen molar-refractivity contribution >= 4 is 17.7 Å². The van der Waals surface area contributed by atoms with Gasteiger partial charge in [0.05, 0.1) is 17.0 Å². The summed E-state index contributed by atoms with van der Waals surface area (Å²) in [4.78, 5) is 19.8. The molecular weight excluding hydrogens is 522 g/mol. The van der Waals surface area contributed by atoms with Crippen LogP contribution in [0.3, 0.4) is 0 Å². The standard InChI is InChI=1S/C29H37N3O.C4H10O.C2H2.CH4O/c1-20-5-7-23(8-6-20)26-24(9-16-33)22(3)27-28-25(26)17-21(2)32(28)15-14-31(27)13-12-30-18-29(19-30)10-4-11-29;1-4(2,3)5;2*1-2/h5-8,16,21H,4,9-15,17-19H2,1-3H3;5H,1-3H3;1-2H;2H,1H3. The van der Waals surface area contributed by atoms with E-state index < -0.39 is 5.60 Å². The smallest absolute Gasteiger partial charge is 0.124 e. The zero-order valence-electron chi connectivity index (χ0n) is 27.0. The van der Waals surface area contributed by atoms with Crippen LogP contribution >= 0.6 is 0 Å². The highest BCUT2D eigenvalue weighted by Crippen LogP contribution is 2.51. The van der Waals surface area contributed by atoms with E-state index in [0.717, 1.165) is 46.0 Å². The van der Waals surface area contributed by atoms with Gasteiger partial charge in [0.1, 0.15) is 6.29 Å². The van der Waals surface area contributed by atoms with Crippen LogP contribution in [0.1, 0.15) is 69.2 Å². The first-order chi connectivity index (χ1) is 20.0. The number of aldehydes is 1. The molecule has 1 unspecified atom stereocenters. The van der Waals surface area contributed by atoms with Crippen molar-refractivity contribution in [2.45, 2.75) is 85.3 Å². The minimum absolute atomic E-state index is 0.492. The van der Waals surface area contributed by atoms with Crippen LogP contribution in [-0.4, -0.2) is 79.4 Å². The molecule has 0 aromatic heterocycles. The minimum Gasteiger partial charge on any atom is -0.400 e. The Labute approximate surface area is 254 Å². The van der Waals surface area contributed by atoms with Crippen LogP contribution in [0.4, 0.5) is 11.4 Å². The molecule has 2 fully saturated rings. The Morgan fingerprint density at radius 1 is 1.00 bits per heavy atom. The molecule has 3 aliphatic heterocycles. The quantitative estimate of drug-likeness (QED) is 0.355. The maximum Gasteiger partial charge on any atom is 0.124 e. The van der Waals surface area contributed by atoms with E-state index in [1.54, 1.807) is 20.8 Å². The average Bonchev–Trinajstić information content (AvgIpc) is 3.24. The zero-order valence-corrected chi connectivity index (χ0v) is 27.0.